The van der Waals surface area contributed by atoms with Gasteiger partial charge in [-0.05, 0) is 35.0 Å². The molecule has 0 aliphatic heterocycles. The van der Waals surface area contributed by atoms with Crippen molar-refractivity contribution in [3.8, 4) is 0 Å². The molecule has 0 atom stereocenters. The third-order valence-electron chi connectivity index (χ3n) is 3.81. The quantitative estimate of drug-likeness (QED) is 0.272. The third-order valence-corrected chi connectivity index (χ3v) is 5.92. The van der Waals surface area contributed by atoms with E-state index in [4.69, 9.17) is 0 Å². The molecule has 154 valence electrons. The molecule has 0 unspecified atom stereocenters. The summed E-state index contributed by atoms with van der Waals surface area (Å²) in [4.78, 5) is 21.3. The summed E-state index contributed by atoms with van der Waals surface area (Å²) in [5.41, 5.74) is 2.43. The van der Waals surface area contributed by atoms with E-state index in [0.29, 0.717) is 0 Å². The molecule has 30 heavy (non-hydrogen) atoms. The van der Waals surface area contributed by atoms with Gasteiger partial charge < -0.3 is 5.11 Å². The molecule has 3 aromatic rings. The molecule has 0 saturated heterocycles. The molecule has 3 N–H and O–H groups in total. The topological polar surface area (TPSA) is 151 Å². The number of hydrogen-bond donors (Lipinski definition) is 3. The van der Waals surface area contributed by atoms with Crippen LogP contribution in [0.15, 0.2) is 69.3 Å². The molecule has 0 amide bonds. The second kappa shape index (κ2) is 8.71. The summed E-state index contributed by atoms with van der Waals surface area (Å²) in [5.74, 6) is -1.33. The Balaban J connectivity index is 2.00. The van der Waals surface area contributed by atoms with Gasteiger partial charge in [0.15, 0.2) is 0 Å². The molecule has 0 bridgehead atoms. The fourth-order valence-electron chi connectivity index (χ4n) is 2.42. The van der Waals surface area contributed by atoms with Crippen molar-refractivity contribution >= 4 is 50.6 Å². The van der Waals surface area contributed by atoms with Gasteiger partial charge in [0, 0.05) is 17.7 Å². The maximum absolute atomic E-state index is 12.9. The summed E-state index contributed by atoms with van der Waals surface area (Å²) < 4.78 is 28.1. The van der Waals surface area contributed by atoms with Crippen LogP contribution in [0.1, 0.15) is 15.9 Å². The van der Waals surface area contributed by atoms with E-state index < -0.39 is 31.5 Å². The minimum atomic E-state index is -4.39. The number of nitrogens with zero attached hydrogens (tertiary/aromatic N) is 2. The highest BCUT2D eigenvalue weighted by Crippen LogP contribution is 2.29. The van der Waals surface area contributed by atoms with Crippen LogP contribution in [-0.2, 0) is 10.0 Å². The standard InChI is InChI=1S/C18H14N4O6S2/c23-18(24)14-3-1-2-4-15(14)21-30(27,28)17-9-13(22(25)26)5-6-16(17)20-19-10-12-7-8-29-11-12/h1-11,20-21H,(H,23,24). The third kappa shape index (κ3) is 4.79. The largest absolute Gasteiger partial charge is 0.478 e. The van der Waals surface area contributed by atoms with Crippen molar-refractivity contribution in [1.29, 1.82) is 0 Å². The number of non-ortho nitro benzene ring substituents is 1. The van der Waals surface area contributed by atoms with Crippen molar-refractivity contribution in [2.24, 2.45) is 5.10 Å². The first-order valence-corrected chi connectivity index (χ1v) is 10.7. The molecular weight excluding hydrogens is 432 g/mol. The lowest BCUT2D eigenvalue weighted by Gasteiger charge is -2.13. The number of carbonyl (C=O) groups is 1. The summed E-state index contributed by atoms with van der Waals surface area (Å²) in [5, 5.41) is 28.0. The molecular formula is C18H14N4O6S2. The summed E-state index contributed by atoms with van der Waals surface area (Å²) in [6, 6.07) is 10.4. The van der Waals surface area contributed by atoms with E-state index in [2.05, 4.69) is 15.2 Å². The van der Waals surface area contributed by atoms with Crippen LogP contribution in [0.3, 0.4) is 0 Å². The van der Waals surface area contributed by atoms with Gasteiger partial charge in [-0.15, -0.1) is 0 Å². The molecule has 0 fully saturated rings. The normalized spacial score (nSPS) is 11.3. The van der Waals surface area contributed by atoms with Crippen molar-refractivity contribution in [2.75, 3.05) is 10.1 Å². The number of hydrogen-bond acceptors (Lipinski definition) is 8. The number of carboxylic acid groups (broad SMARTS) is 1. The van der Waals surface area contributed by atoms with Crippen molar-refractivity contribution in [1.82, 2.24) is 0 Å². The fourth-order valence-corrected chi connectivity index (χ4v) is 4.29. The van der Waals surface area contributed by atoms with Gasteiger partial charge in [0.1, 0.15) is 4.90 Å². The Hall–Kier alpha value is -3.77. The summed E-state index contributed by atoms with van der Waals surface area (Å²) in [6.45, 7) is 0. The Morgan fingerprint density at radius 3 is 2.60 bits per heavy atom. The van der Waals surface area contributed by atoms with Crippen molar-refractivity contribution in [3.63, 3.8) is 0 Å². The van der Waals surface area contributed by atoms with Gasteiger partial charge in [0.05, 0.1) is 28.1 Å². The number of nitro groups is 1. The van der Waals surface area contributed by atoms with Gasteiger partial charge in [-0.3, -0.25) is 20.3 Å². The number of nitro benzene ring substituents is 1. The molecule has 12 heteroatoms. The van der Waals surface area contributed by atoms with E-state index in [1.807, 2.05) is 10.8 Å². The van der Waals surface area contributed by atoms with Gasteiger partial charge in [-0.2, -0.15) is 16.4 Å². The molecule has 0 aliphatic rings. The van der Waals surface area contributed by atoms with E-state index in [0.717, 1.165) is 17.7 Å². The Kier molecular flexibility index (Phi) is 6.09. The number of para-hydroxylation sites is 1. The van der Waals surface area contributed by atoms with Crippen LogP contribution in [0.2, 0.25) is 0 Å². The van der Waals surface area contributed by atoms with Crippen molar-refractivity contribution < 1.29 is 23.2 Å². The molecule has 1 aromatic heterocycles. The molecule has 0 radical (unpaired) electrons. The number of rotatable bonds is 8. The van der Waals surface area contributed by atoms with E-state index in [1.54, 1.807) is 6.07 Å². The number of aromatic carboxylic acids is 1. The van der Waals surface area contributed by atoms with Gasteiger partial charge in [-0.1, -0.05) is 12.1 Å². The molecule has 3 rings (SSSR count). The first-order chi connectivity index (χ1) is 14.3. The average Bonchev–Trinajstić information content (AvgIpc) is 3.21. The highest BCUT2D eigenvalue weighted by molar-refractivity contribution is 7.93. The first kappa shape index (κ1) is 21.0. The summed E-state index contributed by atoms with van der Waals surface area (Å²) >= 11 is 1.46. The van der Waals surface area contributed by atoms with Crippen LogP contribution in [-0.4, -0.2) is 30.6 Å². The lowest BCUT2D eigenvalue weighted by atomic mass is 10.2. The number of nitrogens with one attached hydrogen (secondary N) is 2. The molecule has 10 nitrogen and oxygen atoms in total. The van der Waals surface area contributed by atoms with E-state index in [9.17, 15) is 28.4 Å². The average molecular weight is 446 g/mol. The van der Waals surface area contributed by atoms with Gasteiger partial charge in [-0.25, -0.2) is 13.2 Å². The predicted octanol–water partition coefficient (Wildman–Crippen LogP) is 3.60. The number of sulfonamides is 1. The van der Waals surface area contributed by atoms with Crippen molar-refractivity contribution in [2.45, 2.75) is 4.90 Å². The molecule has 0 aliphatic carbocycles. The maximum Gasteiger partial charge on any atom is 0.337 e. The molecule has 0 spiro atoms. The van der Waals surface area contributed by atoms with E-state index >= 15 is 0 Å². The zero-order valence-electron chi connectivity index (χ0n) is 15.1. The van der Waals surface area contributed by atoms with Gasteiger partial charge in [0.2, 0.25) is 0 Å². The maximum atomic E-state index is 12.9. The lowest BCUT2D eigenvalue weighted by molar-refractivity contribution is -0.385. The van der Waals surface area contributed by atoms with Gasteiger partial charge >= 0.3 is 5.97 Å². The van der Waals surface area contributed by atoms with E-state index in [-0.39, 0.29) is 16.9 Å². The summed E-state index contributed by atoms with van der Waals surface area (Å²) in [7, 11) is -4.39. The Labute approximate surface area is 174 Å². The second-order valence-electron chi connectivity index (χ2n) is 5.82. The Morgan fingerprint density at radius 1 is 1.17 bits per heavy atom. The fraction of sp³-hybridized carbons (Fsp3) is 0. The van der Waals surface area contributed by atoms with Crippen LogP contribution in [0.25, 0.3) is 0 Å². The number of benzene rings is 2. The highest BCUT2D eigenvalue weighted by Gasteiger charge is 2.24. The van der Waals surface area contributed by atoms with Crippen molar-refractivity contribution in [3.05, 3.63) is 80.5 Å². The Bertz CT molecular complexity index is 1220. The number of carboxylic acids is 1. The van der Waals surface area contributed by atoms with Crippen LogP contribution >= 0.6 is 11.3 Å². The van der Waals surface area contributed by atoms with E-state index in [1.165, 1.54) is 47.9 Å². The molecule has 1 heterocycles. The monoisotopic (exact) mass is 446 g/mol. The highest BCUT2D eigenvalue weighted by atomic mass is 32.2. The minimum absolute atomic E-state index is 0.0209. The lowest BCUT2D eigenvalue weighted by Crippen LogP contribution is -2.17. The van der Waals surface area contributed by atoms with Crippen LogP contribution in [0.4, 0.5) is 17.1 Å². The smallest absolute Gasteiger partial charge is 0.337 e. The van der Waals surface area contributed by atoms with Crippen LogP contribution in [0, 0.1) is 10.1 Å². The summed E-state index contributed by atoms with van der Waals surface area (Å²) in [6.07, 6.45) is 1.46. The number of hydrazone groups is 1. The Morgan fingerprint density at radius 2 is 1.93 bits per heavy atom. The second-order valence-corrected chi connectivity index (χ2v) is 8.25. The molecule has 0 saturated carbocycles. The number of anilines is 2. The first-order valence-electron chi connectivity index (χ1n) is 8.23. The predicted molar refractivity (Wildman–Crippen MR) is 113 cm³/mol. The SMILES string of the molecule is O=C(O)c1ccccc1NS(=O)(=O)c1cc([N+](=O)[O-])ccc1NN=Cc1ccsc1. The van der Waals surface area contributed by atoms with Crippen LogP contribution < -0.4 is 10.1 Å². The zero-order valence-corrected chi connectivity index (χ0v) is 16.7. The minimum Gasteiger partial charge on any atom is -0.478 e. The molecule has 2 aromatic carbocycles. The van der Waals surface area contributed by atoms with Crippen LogP contribution in [0.5, 0.6) is 0 Å². The van der Waals surface area contributed by atoms with Gasteiger partial charge in [0.25, 0.3) is 15.7 Å². The zero-order chi connectivity index (χ0) is 21.7. The number of thiophene rings is 1.